The fourth-order valence-electron chi connectivity index (χ4n) is 5.32. The molecular weight excluding hydrogens is 487 g/mol. The second-order valence-corrected chi connectivity index (χ2v) is 9.54. The maximum Gasteiger partial charge on any atom is 0.449 e. The Balaban J connectivity index is 1.22. The van der Waals surface area contributed by atoms with Crippen molar-refractivity contribution in [3.8, 4) is 11.5 Å². The van der Waals surface area contributed by atoms with E-state index in [9.17, 15) is 18.0 Å². The van der Waals surface area contributed by atoms with Crippen LogP contribution in [0.3, 0.4) is 0 Å². The first-order valence-corrected chi connectivity index (χ1v) is 12.3. The number of fused-ring (bicyclic) bond motifs is 1. The van der Waals surface area contributed by atoms with Crippen LogP contribution < -0.4 is 20.3 Å². The summed E-state index contributed by atoms with van der Waals surface area (Å²) in [5, 5.41) is 0. The summed E-state index contributed by atoms with van der Waals surface area (Å²) in [6, 6.07) is 11.7. The molecule has 3 aromatic rings. The van der Waals surface area contributed by atoms with Crippen molar-refractivity contribution in [1.29, 1.82) is 0 Å². The number of nitrogens with zero attached hydrogens (tertiary/aromatic N) is 3. The van der Waals surface area contributed by atoms with E-state index in [1.807, 2.05) is 18.2 Å². The van der Waals surface area contributed by atoms with E-state index < -0.39 is 18.0 Å². The van der Waals surface area contributed by atoms with Crippen LogP contribution in [0.15, 0.2) is 42.5 Å². The van der Waals surface area contributed by atoms with Gasteiger partial charge in [-0.15, -0.1) is 0 Å². The van der Waals surface area contributed by atoms with E-state index in [-0.39, 0.29) is 24.4 Å². The number of rotatable bonds is 6. The molecule has 2 unspecified atom stereocenters. The summed E-state index contributed by atoms with van der Waals surface area (Å²) in [6.45, 7) is 1.23. The van der Waals surface area contributed by atoms with Gasteiger partial charge in [0.15, 0.2) is 0 Å². The molecule has 0 spiro atoms. The quantitative estimate of drug-likeness (QED) is 0.516. The number of nitrogens with one attached hydrogen (secondary N) is 2. The van der Waals surface area contributed by atoms with Crippen molar-refractivity contribution >= 4 is 16.9 Å². The van der Waals surface area contributed by atoms with Crippen molar-refractivity contribution in [1.82, 2.24) is 25.3 Å². The normalized spacial score (nSPS) is 20.9. The molecule has 37 heavy (non-hydrogen) atoms. The summed E-state index contributed by atoms with van der Waals surface area (Å²) in [5.74, 6) is 0.547. The standard InChI is InChI=1S/C26H30F3N5O3/c1-36-17-7-8-23(37-2)18(13-17)20-14-21(32-31-20)24(35)33-11-9-16(10-12-33)15-34-22-6-4-3-5-19(22)30-25(34)26(27,28)29/h3-8,13,16,20-21,31-32H,9-12,14-15H2,1-2H3. The first-order valence-electron chi connectivity index (χ1n) is 12.3. The van der Waals surface area contributed by atoms with Crippen LogP contribution in [0, 0.1) is 5.92 Å². The van der Waals surface area contributed by atoms with E-state index in [4.69, 9.17) is 9.47 Å². The van der Waals surface area contributed by atoms with Crippen LogP contribution in [0.4, 0.5) is 13.2 Å². The number of para-hydroxylation sites is 2. The first-order chi connectivity index (χ1) is 17.8. The highest BCUT2D eigenvalue weighted by Crippen LogP contribution is 2.35. The van der Waals surface area contributed by atoms with Gasteiger partial charge in [0, 0.05) is 25.2 Å². The number of likely N-dealkylation sites (tertiary alicyclic amines) is 1. The molecule has 0 bridgehead atoms. The topological polar surface area (TPSA) is 80.7 Å². The van der Waals surface area contributed by atoms with Crippen molar-refractivity contribution in [2.75, 3.05) is 27.3 Å². The third kappa shape index (κ3) is 5.10. The average Bonchev–Trinajstić information content (AvgIpc) is 3.54. The molecule has 2 fully saturated rings. The highest BCUT2D eigenvalue weighted by atomic mass is 19.4. The van der Waals surface area contributed by atoms with E-state index in [0.717, 1.165) is 5.56 Å². The Kier molecular flexibility index (Phi) is 7.00. The number of amides is 1. The summed E-state index contributed by atoms with van der Waals surface area (Å²) in [4.78, 5) is 18.9. The zero-order valence-electron chi connectivity index (χ0n) is 20.7. The molecule has 8 nitrogen and oxygen atoms in total. The molecule has 2 N–H and O–H groups in total. The third-order valence-corrected chi connectivity index (χ3v) is 7.29. The number of methoxy groups -OCH3 is 2. The smallest absolute Gasteiger partial charge is 0.449 e. The Morgan fingerprint density at radius 3 is 2.54 bits per heavy atom. The van der Waals surface area contributed by atoms with E-state index in [0.29, 0.717) is 54.9 Å². The summed E-state index contributed by atoms with van der Waals surface area (Å²) in [7, 11) is 3.20. The lowest BCUT2D eigenvalue weighted by Gasteiger charge is -2.34. The number of halogens is 3. The molecule has 2 saturated heterocycles. The lowest BCUT2D eigenvalue weighted by molar-refractivity contribution is -0.147. The van der Waals surface area contributed by atoms with Crippen molar-refractivity contribution in [2.24, 2.45) is 5.92 Å². The molecule has 1 aromatic heterocycles. The van der Waals surface area contributed by atoms with Gasteiger partial charge in [-0.3, -0.25) is 4.79 Å². The fraction of sp³-hybridized carbons (Fsp3) is 0.462. The minimum Gasteiger partial charge on any atom is -0.497 e. The molecule has 2 atom stereocenters. The average molecular weight is 518 g/mol. The number of imidazole rings is 1. The number of benzene rings is 2. The van der Waals surface area contributed by atoms with Gasteiger partial charge < -0.3 is 18.9 Å². The van der Waals surface area contributed by atoms with Crippen molar-refractivity contribution in [2.45, 2.75) is 44.1 Å². The molecule has 2 aliphatic rings. The number of hydrogen-bond acceptors (Lipinski definition) is 6. The van der Waals surface area contributed by atoms with Gasteiger partial charge in [-0.1, -0.05) is 12.1 Å². The Hall–Kier alpha value is -3.31. The molecule has 2 aliphatic heterocycles. The van der Waals surface area contributed by atoms with Crippen LogP contribution in [0.1, 0.15) is 36.7 Å². The highest BCUT2D eigenvalue weighted by Gasteiger charge is 2.39. The molecule has 3 heterocycles. The summed E-state index contributed by atoms with van der Waals surface area (Å²) in [5.41, 5.74) is 8.02. The van der Waals surface area contributed by atoms with Crippen LogP contribution in [-0.4, -0.2) is 53.7 Å². The summed E-state index contributed by atoms with van der Waals surface area (Å²) < 4.78 is 53.1. The summed E-state index contributed by atoms with van der Waals surface area (Å²) >= 11 is 0. The largest absolute Gasteiger partial charge is 0.497 e. The Morgan fingerprint density at radius 1 is 1.08 bits per heavy atom. The molecule has 0 radical (unpaired) electrons. The number of carbonyl (C=O) groups excluding carboxylic acids is 1. The minimum absolute atomic E-state index is 0.0145. The van der Waals surface area contributed by atoms with Crippen LogP contribution in [0.25, 0.3) is 11.0 Å². The minimum atomic E-state index is -4.53. The van der Waals surface area contributed by atoms with Crippen molar-refractivity contribution in [3.63, 3.8) is 0 Å². The van der Waals surface area contributed by atoms with Gasteiger partial charge in [-0.05, 0) is 55.5 Å². The second-order valence-electron chi connectivity index (χ2n) is 9.54. The van der Waals surface area contributed by atoms with E-state index in [1.54, 1.807) is 43.4 Å². The van der Waals surface area contributed by atoms with Gasteiger partial charge in [0.05, 0.1) is 31.3 Å². The molecule has 11 heteroatoms. The van der Waals surface area contributed by atoms with Crippen molar-refractivity contribution in [3.05, 3.63) is 53.9 Å². The van der Waals surface area contributed by atoms with Gasteiger partial charge in [0.1, 0.15) is 17.5 Å². The summed E-state index contributed by atoms with van der Waals surface area (Å²) in [6.07, 6.45) is -2.73. The SMILES string of the molecule is COc1ccc(OC)c(C2CC(C(=O)N3CCC(Cn4c(C(F)(F)F)nc5ccccc54)CC3)NN2)c1. The predicted molar refractivity (Wildman–Crippen MR) is 131 cm³/mol. The third-order valence-electron chi connectivity index (χ3n) is 7.29. The number of hydrazine groups is 1. The van der Waals surface area contributed by atoms with Crippen LogP contribution in [-0.2, 0) is 17.5 Å². The number of ether oxygens (including phenoxy) is 2. The second kappa shape index (κ2) is 10.2. The fourth-order valence-corrected chi connectivity index (χ4v) is 5.32. The lowest BCUT2D eigenvalue weighted by atomic mass is 9.95. The van der Waals surface area contributed by atoms with Crippen molar-refractivity contribution < 1.29 is 27.4 Å². The predicted octanol–water partition coefficient (Wildman–Crippen LogP) is 3.92. The molecule has 2 aromatic carbocycles. The van der Waals surface area contributed by atoms with Crippen LogP contribution in [0.2, 0.25) is 0 Å². The molecule has 0 saturated carbocycles. The van der Waals surface area contributed by atoms with Gasteiger partial charge in [-0.25, -0.2) is 15.8 Å². The Bertz CT molecular complexity index is 1270. The lowest BCUT2D eigenvalue weighted by Crippen LogP contribution is -2.48. The molecule has 5 rings (SSSR count). The number of alkyl halides is 3. The zero-order chi connectivity index (χ0) is 26.2. The first kappa shape index (κ1) is 25.3. The maximum atomic E-state index is 13.7. The van der Waals surface area contributed by atoms with Gasteiger partial charge >= 0.3 is 6.18 Å². The van der Waals surface area contributed by atoms with E-state index in [2.05, 4.69) is 15.8 Å². The van der Waals surface area contributed by atoms with E-state index in [1.165, 1.54) is 4.57 Å². The molecule has 198 valence electrons. The molecule has 1 amide bonds. The van der Waals surface area contributed by atoms with E-state index >= 15 is 0 Å². The number of aromatic nitrogens is 2. The van der Waals surface area contributed by atoms with Gasteiger partial charge in [-0.2, -0.15) is 13.2 Å². The van der Waals surface area contributed by atoms with Gasteiger partial charge in [0.25, 0.3) is 0 Å². The van der Waals surface area contributed by atoms with Crippen LogP contribution >= 0.6 is 0 Å². The number of piperidine rings is 1. The van der Waals surface area contributed by atoms with Crippen LogP contribution in [0.5, 0.6) is 11.5 Å². The molecular formula is C26H30F3N5O3. The van der Waals surface area contributed by atoms with Gasteiger partial charge in [0.2, 0.25) is 11.7 Å². The Labute approximate surface area is 212 Å². The molecule has 0 aliphatic carbocycles. The monoisotopic (exact) mass is 517 g/mol. The number of hydrogen-bond donors (Lipinski definition) is 2. The zero-order valence-corrected chi connectivity index (χ0v) is 20.7. The highest BCUT2D eigenvalue weighted by molar-refractivity contribution is 5.82. The Morgan fingerprint density at radius 2 is 1.84 bits per heavy atom. The number of carbonyl (C=O) groups is 1. The maximum absolute atomic E-state index is 13.7.